The molecule has 4 nitrogen and oxygen atoms in total. The van der Waals surface area contributed by atoms with Crippen molar-refractivity contribution in [1.82, 2.24) is 9.38 Å². The topological polar surface area (TPSA) is 57.8 Å². The Morgan fingerprint density at radius 2 is 1.78 bits per heavy atom. The minimum atomic E-state index is 0.202. The van der Waals surface area contributed by atoms with E-state index in [1.54, 1.807) is 30.5 Å². The molecule has 4 heteroatoms. The van der Waals surface area contributed by atoms with Crippen molar-refractivity contribution in [2.45, 2.75) is 6.42 Å². The molecule has 18 heavy (non-hydrogen) atoms. The molecule has 2 aromatic heterocycles. The number of para-hydroxylation sites is 1. The van der Waals surface area contributed by atoms with E-state index in [0.717, 1.165) is 11.4 Å². The summed E-state index contributed by atoms with van der Waals surface area (Å²) < 4.78 is 1.82. The fourth-order valence-corrected chi connectivity index (χ4v) is 2.02. The number of aromatic hydroxyl groups is 2. The van der Waals surface area contributed by atoms with Crippen molar-refractivity contribution >= 4 is 5.52 Å². The third kappa shape index (κ3) is 1.68. The number of fused-ring (bicyclic) bond motifs is 1. The maximum absolute atomic E-state index is 9.75. The number of hydrogen-bond donors (Lipinski definition) is 2. The van der Waals surface area contributed by atoms with Gasteiger partial charge >= 0.3 is 0 Å². The Labute approximate surface area is 104 Å². The van der Waals surface area contributed by atoms with Gasteiger partial charge in [0.05, 0.1) is 6.20 Å². The van der Waals surface area contributed by atoms with Crippen LogP contribution in [0.25, 0.3) is 5.52 Å². The van der Waals surface area contributed by atoms with Gasteiger partial charge in [-0.25, -0.2) is 4.98 Å². The van der Waals surface area contributed by atoms with Gasteiger partial charge in [-0.2, -0.15) is 0 Å². The van der Waals surface area contributed by atoms with Crippen LogP contribution in [-0.4, -0.2) is 19.6 Å². The lowest BCUT2D eigenvalue weighted by Crippen LogP contribution is -1.96. The van der Waals surface area contributed by atoms with Gasteiger partial charge in [-0.05, 0) is 18.2 Å². The van der Waals surface area contributed by atoms with Crippen LogP contribution in [0.3, 0.4) is 0 Å². The average molecular weight is 240 g/mol. The van der Waals surface area contributed by atoms with E-state index in [1.165, 1.54) is 0 Å². The van der Waals surface area contributed by atoms with Crippen LogP contribution in [0.5, 0.6) is 11.5 Å². The fraction of sp³-hybridized carbons (Fsp3) is 0.0714. The molecule has 0 amide bonds. The van der Waals surface area contributed by atoms with Gasteiger partial charge in [-0.1, -0.05) is 18.2 Å². The van der Waals surface area contributed by atoms with E-state index in [1.807, 2.05) is 22.7 Å². The second kappa shape index (κ2) is 4.07. The van der Waals surface area contributed by atoms with E-state index in [2.05, 4.69) is 4.98 Å². The summed E-state index contributed by atoms with van der Waals surface area (Å²) >= 11 is 0. The summed E-state index contributed by atoms with van der Waals surface area (Å²) in [5, 5.41) is 19.4. The maximum Gasteiger partial charge on any atom is 0.141 e. The van der Waals surface area contributed by atoms with Crippen LogP contribution in [0, 0.1) is 0 Å². The second-order valence-corrected chi connectivity index (χ2v) is 4.13. The molecule has 0 aliphatic heterocycles. The Bertz CT molecular complexity index is 704. The third-order valence-electron chi connectivity index (χ3n) is 2.97. The van der Waals surface area contributed by atoms with Crippen molar-refractivity contribution in [2.75, 3.05) is 0 Å². The number of pyridine rings is 1. The Morgan fingerprint density at radius 1 is 1.00 bits per heavy atom. The highest BCUT2D eigenvalue weighted by Crippen LogP contribution is 2.22. The first-order chi connectivity index (χ1) is 8.75. The number of aromatic nitrogens is 2. The van der Waals surface area contributed by atoms with Crippen LogP contribution >= 0.6 is 0 Å². The minimum Gasteiger partial charge on any atom is -0.508 e. The Kier molecular flexibility index (Phi) is 2.41. The number of phenols is 1. The zero-order chi connectivity index (χ0) is 12.5. The van der Waals surface area contributed by atoms with E-state index in [0.29, 0.717) is 11.9 Å². The first-order valence-electron chi connectivity index (χ1n) is 5.66. The van der Waals surface area contributed by atoms with Gasteiger partial charge in [-0.3, -0.25) is 0 Å². The normalized spacial score (nSPS) is 10.9. The van der Waals surface area contributed by atoms with Crippen molar-refractivity contribution in [2.24, 2.45) is 0 Å². The number of phenolic OH excluding ortho intramolecular Hbond substituents is 1. The third-order valence-corrected chi connectivity index (χ3v) is 2.97. The molecule has 3 aromatic rings. The predicted molar refractivity (Wildman–Crippen MR) is 67.8 cm³/mol. The quantitative estimate of drug-likeness (QED) is 0.722. The molecule has 0 spiro atoms. The molecule has 2 heterocycles. The first kappa shape index (κ1) is 10.7. The summed E-state index contributed by atoms with van der Waals surface area (Å²) in [6, 6.07) is 10.6. The van der Waals surface area contributed by atoms with Crippen LogP contribution in [0.1, 0.15) is 11.4 Å². The molecule has 0 aliphatic rings. The first-order valence-corrected chi connectivity index (χ1v) is 5.66. The van der Waals surface area contributed by atoms with Gasteiger partial charge in [-0.15, -0.1) is 0 Å². The van der Waals surface area contributed by atoms with Crippen LogP contribution < -0.4 is 0 Å². The van der Waals surface area contributed by atoms with Gasteiger partial charge in [0.15, 0.2) is 0 Å². The maximum atomic E-state index is 9.75. The molecule has 0 aliphatic carbocycles. The van der Waals surface area contributed by atoms with Crippen molar-refractivity contribution in [3.05, 3.63) is 60.2 Å². The number of hydrogen-bond acceptors (Lipinski definition) is 3. The van der Waals surface area contributed by atoms with Crippen LogP contribution in [0.4, 0.5) is 0 Å². The monoisotopic (exact) mass is 240 g/mol. The van der Waals surface area contributed by atoms with E-state index < -0.39 is 0 Å². The number of rotatable bonds is 2. The predicted octanol–water partition coefficient (Wildman–Crippen LogP) is 2.34. The summed E-state index contributed by atoms with van der Waals surface area (Å²) in [4.78, 5) is 4.28. The molecule has 0 bridgehead atoms. The second-order valence-electron chi connectivity index (χ2n) is 4.13. The summed E-state index contributed by atoms with van der Waals surface area (Å²) in [6.07, 6.45) is 3.99. The zero-order valence-corrected chi connectivity index (χ0v) is 9.61. The molecule has 0 unspecified atom stereocenters. The summed E-state index contributed by atoms with van der Waals surface area (Å²) in [5.74, 6) is 1.24. The SMILES string of the molecule is Oc1ccccc1Cc1ncc2c(O)cccn12. The molecule has 0 fully saturated rings. The number of imidazole rings is 1. The van der Waals surface area contributed by atoms with Crippen LogP contribution in [0.2, 0.25) is 0 Å². The lowest BCUT2D eigenvalue weighted by atomic mass is 10.1. The van der Waals surface area contributed by atoms with Gasteiger partial charge in [0.2, 0.25) is 0 Å². The summed E-state index contributed by atoms with van der Waals surface area (Å²) in [5.41, 5.74) is 1.48. The fourth-order valence-electron chi connectivity index (χ4n) is 2.02. The number of nitrogens with zero attached hydrogens (tertiary/aromatic N) is 2. The van der Waals surface area contributed by atoms with Crippen molar-refractivity contribution in [3.63, 3.8) is 0 Å². The standard InChI is InChI=1S/C14H12N2O2/c17-12-5-2-1-4-10(12)8-14-15-9-11-13(18)6-3-7-16(11)14/h1-7,9,17-18H,8H2. The van der Waals surface area contributed by atoms with E-state index >= 15 is 0 Å². The Morgan fingerprint density at radius 3 is 2.61 bits per heavy atom. The molecule has 3 rings (SSSR count). The minimum absolute atomic E-state index is 0.202. The molecule has 2 N–H and O–H groups in total. The van der Waals surface area contributed by atoms with E-state index in [-0.39, 0.29) is 11.5 Å². The van der Waals surface area contributed by atoms with Gasteiger partial charge in [0.25, 0.3) is 0 Å². The molecular formula is C14H12N2O2. The van der Waals surface area contributed by atoms with Crippen molar-refractivity contribution < 1.29 is 10.2 Å². The highest BCUT2D eigenvalue weighted by molar-refractivity contribution is 5.58. The highest BCUT2D eigenvalue weighted by atomic mass is 16.3. The van der Waals surface area contributed by atoms with E-state index in [9.17, 15) is 10.2 Å². The summed E-state index contributed by atoms with van der Waals surface area (Å²) in [6.45, 7) is 0. The molecule has 0 saturated heterocycles. The lowest BCUT2D eigenvalue weighted by Gasteiger charge is -2.04. The summed E-state index contributed by atoms with van der Waals surface area (Å²) in [7, 11) is 0. The number of benzene rings is 1. The zero-order valence-electron chi connectivity index (χ0n) is 9.61. The van der Waals surface area contributed by atoms with Crippen molar-refractivity contribution in [3.8, 4) is 11.5 Å². The van der Waals surface area contributed by atoms with Gasteiger partial charge < -0.3 is 14.6 Å². The van der Waals surface area contributed by atoms with Crippen LogP contribution in [0.15, 0.2) is 48.8 Å². The Hall–Kier alpha value is -2.49. The van der Waals surface area contributed by atoms with Crippen LogP contribution in [-0.2, 0) is 6.42 Å². The average Bonchev–Trinajstić information content (AvgIpc) is 2.77. The molecule has 0 saturated carbocycles. The lowest BCUT2D eigenvalue weighted by molar-refractivity contribution is 0.469. The Balaban J connectivity index is 2.06. The molecular weight excluding hydrogens is 228 g/mol. The molecule has 90 valence electrons. The molecule has 0 atom stereocenters. The van der Waals surface area contributed by atoms with E-state index in [4.69, 9.17) is 0 Å². The van der Waals surface area contributed by atoms with Gasteiger partial charge in [0.1, 0.15) is 22.8 Å². The molecule has 0 radical (unpaired) electrons. The molecule has 1 aromatic carbocycles. The largest absolute Gasteiger partial charge is 0.508 e. The van der Waals surface area contributed by atoms with Gasteiger partial charge in [0, 0.05) is 18.2 Å². The smallest absolute Gasteiger partial charge is 0.141 e. The van der Waals surface area contributed by atoms with Crippen molar-refractivity contribution in [1.29, 1.82) is 0 Å². The highest BCUT2D eigenvalue weighted by Gasteiger charge is 2.09.